The first kappa shape index (κ1) is 16.6. The lowest BCUT2D eigenvalue weighted by molar-refractivity contribution is -0.115. The summed E-state index contributed by atoms with van der Waals surface area (Å²) in [5, 5.41) is 2.65. The van der Waals surface area contributed by atoms with Gasteiger partial charge >= 0.3 is 0 Å². The molecule has 1 amide bonds. The van der Waals surface area contributed by atoms with Crippen LogP contribution in [0.1, 0.15) is 5.56 Å². The van der Waals surface area contributed by atoms with Gasteiger partial charge in [0.2, 0.25) is 5.91 Å². The lowest BCUT2D eigenvalue weighted by Crippen LogP contribution is -2.15. The van der Waals surface area contributed by atoms with Gasteiger partial charge in [0.1, 0.15) is 17.4 Å². The summed E-state index contributed by atoms with van der Waals surface area (Å²) in [6, 6.07) is 8.11. The molecule has 0 saturated carbocycles. The molecule has 128 valence electrons. The summed E-state index contributed by atoms with van der Waals surface area (Å²) in [6.45, 7) is 0. The summed E-state index contributed by atoms with van der Waals surface area (Å²) in [6.07, 6.45) is 2.65. The van der Waals surface area contributed by atoms with E-state index in [1.807, 2.05) is 0 Å². The molecule has 25 heavy (non-hydrogen) atoms. The molecule has 0 unspecified atom stereocenters. The van der Waals surface area contributed by atoms with Crippen molar-refractivity contribution in [2.24, 2.45) is 0 Å². The number of nitrogens with zero attached hydrogens (tertiary/aromatic N) is 1. The molecule has 3 aromatic rings. The van der Waals surface area contributed by atoms with Gasteiger partial charge in [-0.15, -0.1) is 0 Å². The second-order valence-electron chi connectivity index (χ2n) is 5.24. The van der Waals surface area contributed by atoms with Crippen LogP contribution in [-0.2, 0) is 11.2 Å². The van der Waals surface area contributed by atoms with E-state index in [0.29, 0.717) is 22.8 Å². The number of hydrogen-bond donors (Lipinski definition) is 1. The van der Waals surface area contributed by atoms with Gasteiger partial charge in [0.05, 0.1) is 25.3 Å². The van der Waals surface area contributed by atoms with E-state index in [-0.39, 0.29) is 12.0 Å². The number of nitrogens with one attached hydrogen (secondary N) is 1. The molecular formula is C18H14F2N2O3. The van der Waals surface area contributed by atoms with E-state index in [1.54, 1.807) is 24.4 Å². The Morgan fingerprint density at radius 3 is 2.76 bits per heavy atom. The summed E-state index contributed by atoms with van der Waals surface area (Å²) in [5.41, 5.74) is 1.28. The van der Waals surface area contributed by atoms with E-state index in [2.05, 4.69) is 10.3 Å². The quantitative estimate of drug-likeness (QED) is 0.764. The first-order valence-electron chi connectivity index (χ1n) is 7.37. The minimum atomic E-state index is -0.756. The fourth-order valence-corrected chi connectivity index (χ4v) is 2.36. The SMILES string of the molecule is COc1cc(NC(=O)Cc2ccc(F)cc2F)ccc1-c1cnco1. The molecule has 0 aliphatic carbocycles. The molecule has 0 aliphatic rings. The molecule has 1 heterocycles. The highest BCUT2D eigenvalue weighted by Crippen LogP contribution is 2.32. The Labute approximate surface area is 142 Å². The minimum Gasteiger partial charge on any atom is -0.496 e. The summed E-state index contributed by atoms with van der Waals surface area (Å²) in [4.78, 5) is 15.9. The third-order valence-electron chi connectivity index (χ3n) is 3.55. The molecule has 0 saturated heterocycles. The predicted molar refractivity (Wildman–Crippen MR) is 87.2 cm³/mol. The number of aromatic nitrogens is 1. The number of halogens is 2. The van der Waals surface area contributed by atoms with Gasteiger partial charge in [-0.05, 0) is 23.8 Å². The standard InChI is InChI=1S/C18H14F2N2O3/c1-24-16-8-13(4-5-14(16)17-9-21-10-25-17)22-18(23)6-11-2-3-12(19)7-15(11)20/h2-5,7-10H,6H2,1H3,(H,22,23). The van der Waals surface area contributed by atoms with Crippen molar-refractivity contribution in [3.05, 3.63) is 66.2 Å². The molecule has 0 radical (unpaired) electrons. The van der Waals surface area contributed by atoms with E-state index in [4.69, 9.17) is 9.15 Å². The summed E-state index contributed by atoms with van der Waals surface area (Å²) < 4.78 is 37.1. The lowest BCUT2D eigenvalue weighted by atomic mass is 10.1. The van der Waals surface area contributed by atoms with Crippen molar-refractivity contribution < 1.29 is 22.7 Å². The lowest BCUT2D eigenvalue weighted by Gasteiger charge is -2.10. The van der Waals surface area contributed by atoms with Crippen molar-refractivity contribution in [2.75, 3.05) is 12.4 Å². The van der Waals surface area contributed by atoms with Crippen molar-refractivity contribution >= 4 is 11.6 Å². The number of rotatable bonds is 5. The van der Waals surface area contributed by atoms with Crippen LogP contribution in [0.4, 0.5) is 14.5 Å². The van der Waals surface area contributed by atoms with Crippen molar-refractivity contribution in [2.45, 2.75) is 6.42 Å². The Balaban J connectivity index is 1.75. The van der Waals surface area contributed by atoms with Gasteiger partial charge < -0.3 is 14.5 Å². The van der Waals surface area contributed by atoms with E-state index in [0.717, 1.165) is 12.1 Å². The summed E-state index contributed by atoms with van der Waals surface area (Å²) in [7, 11) is 1.49. The summed E-state index contributed by atoms with van der Waals surface area (Å²) in [5.74, 6) is -0.853. The molecule has 1 aromatic heterocycles. The Bertz CT molecular complexity index is 895. The third kappa shape index (κ3) is 3.82. The molecule has 0 aliphatic heterocycles. The second-order valence-corrected chi connectivity index (χ2v) is 5.24. The fraction of sp³-hybridized carbons (Fsp3) is 0.111. The van der Waals surface area contributed by atoms with E-state index in [9.17, 15) is 13.6 Å². The normalized spacial score (nSPS) is 10.5. The maximum absolute atomic E-state index is 13.6. The number of ether oxygens (including phenoxy) is 1. The summed E-state index contributed by atoms with van der Waals surface area (Å²) >= 11 is 0. The van der Waals surface area contributed by atoms with Gasteiger partial charge in [0.25, 0.3) is 0 Å². The molecule has 2 aromatic carbocycles. The van der Waals surface area contributed by atoms with Gasteiger partial charge in [0.15, 0.2) is 12.2 Å². The van der Waals surface area contributed by atoms with Gasteiger partial charge in [-0.25, -0.2) is 13.8 Å². The van der Waals surface area contributed by atoms with Crippen LogP contribution in [0, 0.1) is 11.6 Å². The largest absolute Gasteiger partial charge is 0.496 e. The van der Waals surface area contributed by atoms with E-state index < -0.39 is 17.5 Å². The zero-order valence-corrected chi connectivity index (χ0v) is 13.3. The van der Waals surface area contributed by atoms with Gasteiger partial charge in [-0.1, -0.05) is 6.07 Å². The highest BCUT2D eigenvalue weighted by Gasteiger charge is 2.13. The van der Waals surface area contributed by atoms with Crippen LogP contribution in [0.2, 0.25) is 0 Å². The van der Waals surface area contributed by atoms with Crippen LogP contribution in [-0.4, -0.2) is 18.0 Å². The van der Waals surface area contributed by atoms with E-state index in [1.165, 1.54) is 19.6 Å². The van der Waals surface area contributed by atoms with Crippen LogP contribution in [0.15, 0.2) is 53.4 Å². The first-order chi connectivity index (χ1) is 12.1. The zero-order valence-electron chi connectivity index (χ0n) is 13.3. The highest BCUT2D eigenvalue weighted by molar-refractivity contribution is 5.93. The van der Waals surface area contributed by atoms with Crippen LogP contribution < -0.4 is 10.1 Å². The highest BCUT2D eigenvalue weighted by atomic mass is 19.1. The number of hydrogen-bond acceptors (Lipinski definition) is 4. The average Bonchev–Trinajstić information content (AvgIpc) is 3.11. The number of benzene rings is 2. The van der Waals surface area contributed by atoms with Crippen molar-refractivity contribution in [1.82, 2.24) is 4.98 Å². The molecule has 0 bridgehead atoms. The monoisotopic (exact) mass is 344 g/mol. The molecule has 3 rings (SSSR count). The molecular weight excluding hydrogens is 330 g/mol. The maximum Gasteiger partial charge on any atom is 0.228 e. The second kappa shape index (κ2) is 7.12. The average molecular weight is 344 g/mol. The van der Waals surface area contributed by atoms with Gasteiger partial charge in [-0.3, -0.25) is 4.79 Å². The number of oxazole rings is 1. The van der Waals surface area contributed by atoms with Crippen LogP contribution in [0.25, 0.3) is 11.3 Å². The molecule has 7 heteroatoms. The number of carbonyl (C=O) groups is 1. The minimum absolute atomic E-state index is 0.115. The third-order valence-corrected chi connectivity index (χ3v) is 3.55. The maximum atomic E-state index is 13.6. The van der Waals surface area contributed by atoms with Gasteiger partial charge in [0, 0.05) is 17.8 Å². The van der Waals surface area contributed by atoms with Gasteiger partial charge in [-0.2, -0.15) is 0 Å². The van der Waals surface area contributed by atoms with Crippen molar-refractivity contribution in [1.29, 1.82) is 0 Å². The first-order valence-corrected chi connectivity index (χ1v) is 7.37. The predicted octanol–water partition coefficient (Wildman–Crippen LogP) is 3.81. The number of amides is 1. The zero-order chi connectivity index (χ0) is 17.8. The molecule has 1 N–H and O–H groups in total. The van der Waals surface area contributed by atoms with Crippen molar-refractivity contribution in [3.8, 4) is 17.1 Å². The topological polar surface area (TPSA) is 64.4 Å². The van der Waals surface area contributed by atoms with Crippen LogP contribution in [0.3, 0.4) is 0 Å². The fourth-order valence-electron chi connectivity index (χ4n) is 2.36. The van der Waals surface area contributed by atoms with E-state index >= 15 is 0 Å². The smallest absolute Gasteiger partial charge is 0.228 e. The Morgan fingerprint density at radius 1 is 1.24 bits per heavy atom. The Hall–Kier alpha value is -3.22. The molecule has 0 atom stereocenters. The molecule has 0 spiro atoms. The number of anilines is 1. The molecule has 5 nitrogen and oxygen atoms in total. The Kier molecular flexibility index (Phi) is 4.74. The van der Waals surface area contributed by atoms with Crippen LogP contribution in [0.5, 0.6) is 5.75 Å². The number of carbonyl (C=O) groups excluding carboxylic acids is 1. The molecule has 0 fully saturated rings. The van der Waals surface area contributed by atoms with Crippen molar-refractivity contribution in [3.63, 3.8) is 0 Å². The number of methoxy groups -OCH3 is 1. The Morgan fingerprint density at radius 2 is 2.08 bits per heavy atom. The van der Waals surface area contributed by atoms with Crippen LogP contribution >= 0.6 is 0 Å².